The molecule has 3 heteroatoms. The first kappa shape index (κ1) is 10.4. The quantitative estimate of drug-likeness (QED) is 0.754. The third-order valence-corrected chi connectivity index (χ3v) is 1.86. The highest BCUT2D eigenvalue weighted by Gasteiger charge is 2.16. The fourth-order valence-electron chi connectivity index (χ4n) is 0.884. The van der Waals surface area contributed by atoms with Crippen LogP contribution in [0.1, 0.15) is 32.2 Å². The summed E-state index contributed by atoms with van der Waals surface area (Å²) in [6.45, 7) is 6.30. The van der Waals surface area contributed by atoms with E-state index in [1.807, 2.05) is 18.5 Å². The van der Waals surface area contributed by atoms with E-state index < -0.39 is 0 Å². The van der Waals surface area contributed by atoms with Gasteiger partial charge in [0.1, 0.15) is 5.82 Å². The standard InChI is InChI=1S/C10H13BrN2/c1-10(2,3)9-12-6-8(4-5-11)7-13-9/h4-7H,1-3H3/b5-4+. The van der Waals surface area contributed by atoms with Crippen molar-refractivity contribution in [3.05, 3.63) is 28.8 Å². The Morgan fingerprint density at radius 3 is 2.15 bits per heavy atom. The Labute approximate surface area is 87.2 Å². The Morgan fingerprint density at radius 1 is 1.23 bits per heavy atom. The van der Waals surface area contributed by atoms with Crippen molar-refractivity contribution in [1.29, 1.82) is 0 Å². The Morgan fingerprint density at radius 2 is 1.77 bits per heavy atom. The second-order valence-corrected chi connectivity index (χ2v) is 4.41. The van der Waals surface area contributed by atoms with Crippen molar-refractivity contribution in [1.82, 2.24) is 9.97 Å². The summed E-state index contributed by atoms with van der Waals surface area (Å²) in [6, 6.07) is 0. The molecule has 0 N–H and O–H groups in total. The maximum Gasteiger partial charge on any atom is 0.133 e. The molecular formula is C10H13BrN2. The van der Waals surface area contributed by atoms with E-state index in [1.165, 1.54) is 0 Å². The van der Waals surface area contributed by atoms with Crippen molar-refractivity contribution in [3.63, 3.8) is 0 Å². The lowest BCUT2D eigenvalue weighted by molar-refractivity contribution is 0.545. The van der Waals surface area contributed by atoms with Crippen molar-refractivity contribution < 1.29 is 0 Å². The molecule has 0 aliphatic carbocycles. The molecule has 13 heavy (non-hydrogen) atoms. The minimum absolute atomic E-state index is 0.0245. The average Bonchev–Trinajstić information content (AvgIpc) is 2.04. The molecule has 1 heterocycles. The molecule has 70 valence electrons. The number of hydrogen-bond acceptors (Lipinski definition) is 2. The lowest BCUT2D eigenvalue weighted by Crippen LogP contribution is -2.15. The van der Waals surface area contributed by atoms with E-state index in [0.29, 0.717) is 0 Å². The molecule has 0 aliphatic heterocycles. The van der Waals surface area contributed by atoms with Crippen LogP contribution in [0.2, 0.25) is 0 Å². The van der Waals surface area contributed by atoms with Gasteiger partial charge in [-0.3, -0.25) is 0 Å². The molecule has 0 radical (unpaired) electrons. The molecule has 1 aromatic heterocycles. The van der Waals surface area contributed by atoms with Crippen LogP contribution in [-0.2, 0) is 5.41 Å². The van der Waals surface area contributed by atoms with Crippen molar-refractivity contribution in [2.24, 2.45) is 0 Å². The number of nitrogens with zero attached hydrogens (tertiary/aromatic N) is 2. The van der Waals surface area contributed by atoms with Gasteiger partial charge in [-0.05, 0) is 11.1 Å². The van der Waals surface area contributed by atoms with Crippen LogP contribution in [0.15, 0.2) is 17.4 Å². The molecule has 2 nitrogen and oxygen atoms in total. The van der Waals surface area contributed by atoms with Gasteiger partial charge in [-0.15, -0.1) is 0 Å². The second kappa shape index (κ2) is 4.01. The SMILES string of the molecule is CC(C)(C)c1ncc(/C=C/Br)cn1. The van der Waals surface area contributed by atoms with Gasteiger partial charge in [0.15, 0.2) is 0 Å². The van der Waals surface area contributed by atoms with Gasteiger partial charge < -0.3 is 0 Å². The molecule has 0 amide bonds. The van der Waals surface area contributed by atoms with Crippen LogP contribution in [0.3, 0.4) is 0 Å². The van der Waals surface area contributed by atoms with Gasteiger partial charge >= 0.3 is 0 Å². The summed E-state index contributed by atoms with van der Waals surface area (Å²) < 4.78 is 0. The topological polar surface area (TPSA) is 25.8 Å². The molecule has 0 saturated carbocycles. The molecule has 0 fully saturated rings. The van der Waals surface area contributed by atoms with Gasteiger partial charge in [-0.25, -0.2) is 9.97 Å². The van der Waals surface area contributed by atoms with Gasteiger partial charge in [0.25, 0.3) is 0 Å². The van der Waals surface area contributed by atoms with Crippen LogP contribution in [0.4, 0.5) is 0 Å². The third-order valence-electron chi connectivity index (χ3n) is 1.60. The summed E-state index contributed by atoms with van der Waals surface area (Å²) in [7, 11) is 0. The van der Waals surface area contributed by atoms with Gasteiger partial charge in [0, 0.05) is 23.4 Å². The molecule has 1 aromatic rings. The zero-order chi connectivity index (χ0) is 9.90. The molecule has 0 aromatic carbocycles. The van der Waals surface area contributed by atoms with E-state index >= 15 is 0 Å². The fraction of sp³-hybridized carbons (Fsp3) is 0.400. The summed E-state index contributed by atoms with van der Waals surface area (Å²) in [5.74, 6) is 0.874. The molecule has 1 rings (SSSR count). The summed E-state index contributed by atoms with van der Waals surface area (Å²) in [5, 5.41) is 0. The zero-order valence-electron chi connectivity index (χ0n) is 8.08. The van der Waals surface area contributed by atoms with E-state index in [4.69, 9.17) is 0 Å². The summed E-state index contributed by atoms with van der Waals surface area (Å²) in [6.07, 6.45) is 5.56. The van der Waals surface area contributed by atoms with Gasteiger partial charge in [-0.1, -0.05) is 36.7 Å². The molecule has 0 bridgehead atoms. The van der Waals surface area contributed by atoms with Crippen molar-refractivity contribution in [3.8, 4) is 0 Å². The minimum atomic E-state index is 0.0245. The Hall–Kier alpha value is -0.700. The Balaban J connectivity index is 2.94. The maximum absolute atomic E-state index is 4.29. The fourth-order valence-corrected chi connectivity index (χ4v) is 1.19. The molecular weight excluding hydrogens is 228 g/mol. The third kappa shape index (κ3) is 2.92. The van der Waals surface area contributed by atoms with Crippen molar-refractivity contribution in [2.75, 3.05) is 0 Å². The predicted octanol–water partition coefficient (Wildman–Crippen LogP) is 3.14. The lowest BCUT2D eigenvalue weighted by atomic mass is 9.96. The molecule has 0 saturated heterocycles. The number of aromatic nitrogens is 2. The van der Waals surface area contributed by atoms with E-state index in [2.05, 4.69) is 46.7 Å². The summed E-state index contributed by atoms with van der Waals surface area (Å²) >= 11 is 3.21. The number of halogens is 1. The van der Waals surface area contributed by atoms with Crippen molar-refractivity contribution in [2.45, 2.75) is 26.2 Å². The average molecular weight is 241 g/mol. The maximum atomic E-state index is 4.29. The van der Waals surface area contributed by atoms with E-state index in [9.17, 15) is 0 Å². The van der Waals surface area contributed by atoms with Crippen LogP contribution in [0.5, 0.6) is 0 Å². The van der Waals surface area contributed by atoms with Crippen molar-refractivity contribution >= 4 is 22.0 Å². The van der Waals surface area contributed by atoms with Crippen LogP contribution in [0, 0.1) is 0 Å². The van der Waals surface area contributed by atoms with E-state index in [0.717, 1.165) is 11.4 Å². The minimum Gasteiger partial charge on any atom is -0.240 e. The van der Waals surface area contributed by atoms with Gasteiger partial charge in [0.05, 0.1) is 0 Å². The van der Waals surface area contributed by atoms with Gasteiger partial charge in [0.2, 0.25) is 0 Å². The monoisotopic (exact) mass is 240 g/mol. The zero-order valence-corrected chi connectivity index (χ0v) is 9.67. The first-order valence-electron chi connectivity index (χ1n) is 4.13. The number of rotatable bonds is 1. The van der Waals surface area contributed by atoms with Gasteiger partial charge in [-0.2, -0.15) is 0 Å². The van der Waals surface area contributed by atoms with Crippen LogP contribution < -0.4 is 0 Å². The van der Waals surface area contributed by atoms with E-state index in [-0.39, 0.29) is 5.41 Å². The predicted molar refractivity (Wildman–Crippen MR) is 58.7 cm³/mol. The highest BCUT2D eigenvalue weighted by atomic mass is 79.9. The smallest absolute Gasteiger partial charge is 0.133 e. The highest BCUT2D eigenvalue weighted by molar-refractivity contribution is 9.11. The Bertz CT molecular complexity index is 296. The highest BCUT2D eigenvalue weighted by Crippen LogP contribution is 2.17. The lowest BCUT2D eigenvalue weighted by Gasteiger charge is -2.15. The van der Waals surface area contributed by atoms with Crippen LogP contribution in [0.25, 0.3) is 6.08 Å². The normalized spacial score (nSPS) is 12.3. The Kier molecular flexibility index (Phi) is 3.20. The largest absolute Gasteiger partial charge is 0.240 e. The first-order chi connectivity index (χ1) is 6.04. The van der Waals surface area contributed by atoms with Crippen LogP contribution >= 0.6 is 15.9 Å². The first-order valence-corrected chi connectivity index (χ1v) is 5.05. The summed E-state index contributed by atoms with van der Waals surface area (Å²) in [4.78, 5) is 10.4. The molecule has 0 unspecified atom stereocenters. The second-order valence-electron chi connectivity index (χ2n) is 3.88. The van der Waals surface area contributed by atoms with Crippen LogP contribution in [-0.4, -0.2) is 9.97 Å². The molecule has 0 aliphatic rings. The summed E-state index contributed by atoms with van der Waals surface area (Å²) in [5.41, 5.74) is 1.03. The van der Waals surface area contributed by atoms with E-state index in [1.54, 1.807) is 4.99 Å². The molecule has 0 atom stereocenters. The molecule has 0 spiro atoms. The number of hydrogen-bond donors (Lipinski definition) is 0.